The largest absolute Gasteiger partial charge is 0.492 e. The van der Waals surface area contributed by atoms with Crippen LogP contribution in [-0.4, -0.2) is 19.7 Å². The Bertz CT molecular complexity index is 336. The molecule has 2 nitrogen and oxygen atoms in total. The van der Waals surface area contributed by atoms with Crippen LogP contribution in [0.4, 0.5) is 0 Å². The van der Waals surface area contributed by atoms with Gasteiger partial charge in [-0.15, -0.1) is 0 Å². The molecule has 2 heteroatoms. The Kier molecular flexibility index (Phi) is 8.31. The summed E-state index contributed by atoms with van der Waals surface area (Å²) >= 11 is 0. The SMILES string of the molecule is CCCCCCNCCOc1ccccc1C(C)C. The van der Waals surface area contributed by atoms with Gasteiger partial charge in [0.05, 0.1) is 0 Å². The maximum absolute atomic E-state index is 5.86. The Morgan fingerprint density at radius 2 is 1.84 bits per heavy atom. The minimum atomic E-state index is 0.512. The van der Waals surface area contributed by atoms with Gasteiger partial charge in [0.25, 0.3) is 0 Å². The van der Waals surface area contributed by atoms with E-state index in [1.165, 1.54) is 31.2 Å². The summed E-state index contributed by atoms with van der Waals surface area (Å²) in [4.78, 5) is 0. The minimum Gasteiger partial charge on any atom is -0.492 e. The van der Waals surface area contributed by atoms with Crippen LogP contribution in [0.25, 0.3) is 0 Å². The maximum Gasteiger partial charge on any atom is 0.122 e. The van der Waals surface area contributed by atoms with Crippen molar-refractivity contribution in [3.05, 3.63) is 29.8 Å². The zero-order chi connectivity index (χ0) is 13.9. The molecule has 0 aliphatic rings. The first-order valence-electron chi connectivity index (χ1n) is 7.68. The molecule has 0 radical (unpaired) electrons. The summed E-state index contributed by atoms with van der Waals surface area (Å²) in [5.41, 5.74) is 1.30. The van der Waals surface area contributed by atoms with Gasteiger partial charge in [-0.05, 0) is 30.5 Å². The summed E-state index contributed by atoms with van der Waals surface area (Å²) in [7, 11) is 0. The van der Waals surface area contributed by atoms with Gasteiger partial charge in [-0.1, -0.05) is 58.2 Å². The van der Waals surface area contributed by atoms with Crippen molar-refractivity contribution in [1.82, 2.24) is 5.32 Å². The third-order valence-corrected chi connectivity index (χ3v) is 3.28. The lowest BCUT2D eigenvalue weighted by Gasteiger charge is -2.14. The smallest absolute Gasteiger partial charge is 0.122 e. The highest BCUT2D eigenvalue weighted by atomic mass is 16.5. The van der Waals surface area contributed by atoms with Crippen molar-refractivity contribution in [2.45, 2.75) is 52.4 Å². The average Bonchev–Trinajstić information content (AvgIpc) is 2.42. The molecule has 0 bridgehead atoms. The van der Waals surface area contributed by atoms with Crippen molar-refractivity contribution in [3.8, 4) is 5.75 Å². The predicted octanol–water partition coefficient (Wildman–Crippen LogP) is 4.36. The third-order valence-electron chi connectivity index (χ3n) is 3.28. The lowest BCUT2D eigenvalue weighted by atomic mass is 10.0. The average molecular weight is 263 g/mol. The van der Waals surface area contributed by atoms with Crippen molar-refractivity contribution in [2.75, 3.05) is 19.7 Å². The zero-order valence-electron chi connectivity index (χ0n) is 12.7. The van der Waals surface area contributed by atoms with E-state index >= 15 is 0 Å². The highest BCUT2D eigenvalue weighted by molar-refractivity contribution is 5.35. The molecule has 0 spiro atoms. The summed E-state index contributed by atoms with van der Waals surface area (Å²) < 4.78 is 5.86. The number of hydrogen-bond acceptors (Lipinski definition) is 2. The molecule has 19 heavy (non-hydrogen) atoms. The molecule has 0 saturated carbocycles. The lowest BCUT2D eigenvalue weighted by Crippen LogP contribution is -2.22. The molecule has 0 unspecified atom stereocenters. The van der Waals surface area contributed by atoms with E-state index in [1.54, 1.807) is 0 Å². The molecule has 1 N–H and O–H groups in total. The van der Waals surface area contributed by atoms with E-state index in [0.717, 1.165) is 25.4 Å². The van der Waals surface area contributed by atoms with Crippen LogP contribution in [0.15, 0.2) is 24.3 Å². The number of rotatable bonds is 10. The van der Waals surface area contributed by atoms with E-state index in [1.807, 2.05) is 6.07 Å². The summed E-state index contributed by atoms with van der Waals surface area (Å²) in [5.74, 6) is 1.54. The van der Waals surface area contributed by atoms with Crippen LogP contribution < -0.4 is 10.1 Å². The molecule has 1 aromatic rings. The quantitative estimate of drug-likeness (QED) is 0.633. The molecule has 0 heterocycles. The van der Waals surface area contributed by atoms with E-state index in [-0.39, 0.29) is 0 Å². The van der Waals surface area contributed by atoms with Crippen LogP contribution in [0.2, 0.25) is 0 Å². The van der Waals surface area contributed by atoms with Crippen LogP contribution >= 0.6 is 0 Å². The van der Waals surface area contributed by atoms with Gasteiger partial charge in [0.2, 0.25) is 0 Å². The van der Waals surface area contributed by atoms with Gasteiger partial charge in [-0.3, -0.25) is 0 Å². The summed E-state index contributed by atoms with van der Waals surface area (Å²) in [6.45, 7) is 9.43. The van der Waals surface area contributed by atoms with Crippen LogP contribution in [0, 0.1) is 0 Å². The van der Waals surface area contributed by atoms with Crippen molar-refractivity contribution in [1.29, 1.82) is 0 Å². The first-order valence-corrected chi connectivity index (χ1v) is 7.68. The molecule has 0 amide bonds. The second kappa shape index (κ2) is 9.85. The monoisotopic (exact) mass is 263 g/mol. The van der Waals surface area contributed by atoms with E-state index in [4.69, 9.17) is 4.74 Å². The Labute approximate surface area is 118 Å². The standard InChI is InChI=1S/C17H29NO/c1-4-5-6-9-12-18-13-14-19-17-11-8-7-10-16(17)15(2)3/h7-8,10-11,15,18H,4-6,9,12-14H2,1-3H3. The Hall–Kier alpha value is -1.02. The minimum absolute atomic E-state index is 0.512. The first kappa shape index (κ1) is 16.0. The first-order chi connectivity index (χ1) is 9.25. The maximum atomic E-state index is 5.86. The predicted molar refractivity (Wildman–Crippen MR) is 83.0 cm³/mol. The highest BCUT2D eigenvalue weighted by Gasteiger charge is 2.05. The number of para-hydroxylation sites is 1. The summed E-state index contributed by atoms with van der Waals surface area (Å²) in [6, 6.07) is 8.34. The molecule has 1 rings (SSSR count). The molecule has 108 valence electrons. The number of hydrogen-bond donors (Lipinski definition) is 1. The third kappa shape index (κ3) is 6.63. The summed E-state index contributed by atoms with van der Waals surface area (Å²) in [6.07, 6.45) is 5.26. The van der Waals surface area contributed by atoms with Crippen LogP contribution in [0.1, 0.15) is 57.9 Å². The van der Waals surface area contributed by atoms with Gasteiger partial charge >= 0.3 is 0 Å². The number of ether oxygens (including phenoxy) is 1. The summed E-state index contributed by atoms with van der Waals surface area (Å²) in [5, 5.41) is 3.44. The van der Waals surface area contributed by atoms with Gasteiger partial charge in [0, 0.05) is 6.54 Å². The van der Waals surface area contributed by atoms with Gasteiger partial charge in [-0.25, -0.2) is 0 Å². The number of nitrogens with one attached hydrogen (secondary N) is 1. The van der Waals surface area contributed by atoms with E-state index < -0.39 is 0 Å². The van der Waals surface area contributed by atoms with Crippen LogP contribution in [0.5, 0.6) is 5.75 Å². The van der Waals surface area contributed by atoms with Crippen molar-refractivity contribution >= 4 is 0 Å². The molecule has 0 aliphatic carbocycles. The van der Waals surface area contributed by atoms with Crippen LogP contribution in [-0.2, 0) is 0 Å². The molecule has 0 aromatic heterocycles. The second-order valence-electron chi connectivity index (χ2n) is 5.35. The Morgan fingerprint density at radius 1 is 1.05 bits per heavy atom. The number of benzene rings is 1. The molecule has 0 fully saturated rings. The fourth-order valence-corrected chi connectivity index (χ4v) is 2.12. The normalized spacial score (nSPS) is 10.9. The zero-order valence-corrected chi connectivity index (χ0v) is 12.7. The molecule has 0 aliphatic heterocycles. The molecule has 0 atom stereocenters. The van der Waals surface area contributed by atoms with E-state index in [2.05, 4.69) is 44.3 Å². The Balaban J connectivity index is 2.16. The number of unbranched alkanes of at least 4 members (excludes halogenated alkanes) is 3. The van der Waals surface area contributed by atoms with Crippen molar-refractivity contribution in [2.24, 2.45) is 0 Å². The fraction of sp³-hybridized carbons (Fsp3) is 0.647. The fourth-order valence-electron chi connectivity index (χ4n) is 2.12. The van der Waals surface area contributed by atoms with Gasteiger partial charge in [-0.2, -0.15) is 0 Å². The lowest BCUT2D eigenvalue weighted by molar-refractivity contribution is 0.309. The Morgan fingerprint density at radius 3 is 2.58 bits per heavy atom. The highest BCUT2D eigenvalue weighted by Crippen LogP contribution is 2.25. The molecular formula is C17H29NO. The van der Waals surface area contributed by atoms with Crippen molar-refractivity contribution < 1.29 is 4.74 Å². The second-order valence-corrected chi connectivity index (χ2v) is 5.35. The van der Waals surface area contributed by atoms with Gasteiger partial charge < -0.3 is 10.1 Å². The molecular weight excluding hydrogens is 234 g/mol. The molecule has 0 saturated heterocycles. The van der Waals surface area contributed by atoms with E-state index in [9.17, 15) is 0 Å². The van der Waals surface area contributed by atoms with Crippen molar-refractivity contribution in [3.63, 3.8) is 0 Å². The van der Waals surface area contributed by atoms with Gasteiger partial charge in [0.1, 0.15) is 12.4 Å². The van der Waals surface area contributed by atoms with Crippen LogP contribution in [0.3, 0.4) is 0 Å². The van der Waals surface area contributed by atoms with Gasteiger partial charge in [0.15, 0.2) is 0 Å². The molecule has 1 aromatic carbocycles. The topological polar surface area (TPSA) is 21.3 Å². The van der Waals surface area contributed by atoms with E-state index in [0.29, 0.717) is 5.92 Å².